The molecule has 1 nitrogen and oxygen atoms in total. The Morgan fingerprint density at radius 3 is 1.37 bits per heavy atom. The van der Waals surface area contributed by atoms with Crippen LogP contribution in [0, 0.1) is 12.8 Å². The van der Waals surface area contributed by atoms with E-state index in [0.717, 1.165) is 31.2 Å². The number of carbonyl (C=O) groups is 1. The van der Waals surface area contributed by atoms with Crippen molar-refractivity contribution in [1.82, 2.24) is 0 Å². The molecule has 0 atom stereocenters. The van der Waals surface area contributed by atoms with E-state index in [9.17, 15) is 4.79 Å². The van der Waals surface area contributed by atoms with E-state index in [2.05, 4.69) is 107 Å². The molecule has 0 amide bonds. The van der Waals surface area contributed by atoms with E-state index in [-0.39, 0.29) is 5.78 Å². The third-order valence-corrected chi connectivity index (χ3v) is 4.05. The minimum Gasteiger partial charge on any atom is -0.289 e. The van der Waals surface area contributed by atoms with Crippen LogP contribution in [0.5, 0.6) is 0 Å². The van der Waals surface area contributed by atoms with Gasteiger partial charge in [-0.25, -0.2) is 0 Å². The molecule has 0 aromatic heterocycles. The molecule has 0 unspecified atom stereocenters. The molecule has 1 rings (SSSR count). The summed E-state index contributed by atoms with van der Waals surface area (Å²) in [6, 6.07) is 4.12. The minimum atomic E-state index is 0.107. The summed E-state index contributed by atoms with van der Waals surface area (Å²) < 4.78 is 0. The molecule has 0 heterocycles. The van der Waals surface area contributed by atoms with Gasteiger partial charge in [0.05, 0.1) is 7.85 Å². The molecule has 0 aliphatic heterocycles. The van der Waals surface area contributed by atoms with Gasteiger partial charge in [0.15, 0.2) is 5.78 Å². The fourth-order valence-electron chi connectivity index (χ4n) is 2.73. The van der Waals surface area contributed by atoms with Crippen LogP contribution in [-0.2, 0) is 19.3 Å². The first-order chi connectivity index (χ1) is 19.8. The standard InChI is InChI=1S/C20H28O.C3H8.C3H6.3C2H6.2C2H4.C2H2.CH3B/c1-7-15(6)20(21)19-13-12-16(11-10-14(4)5)17(8-2)18(19)9-3;2*1-3-2;7*1-2/h12-13H,4,6-11H2,1-3,5H3;3H2,1-2H3;3H,1H2,2H3;3*1-2H3;2*1-2H2;1-2H;1H3. The summed E-state index contributed by atoms with van der Waals surface area (Å²) >= 11 is 0. The van der Waals surface area contributed by atoms with Gasteiger partial charge in [0, 0.05) is 5.56 Å². The van der Waals surface area contributed by atoms with Crippen molar-refractivity contribution in [2.75, 3.05) is 0 Å². The highest BCUT2D eigenvalue weighted by Gasteiger charge is 2.17. The van der Waals surface area contributed by atoms with Crippen molar-refractivity contribution >= 4 is 13.6 Å². The van der Waals surface area contributed by atoms with Gasteiger partial charge in [0.2, 0.25) is 0 Å². The first kappa shape index (κ1) is 62.0. The summed E-state index contributed by atoms with van der Waals surface area (Å²) in [6.07, 6.45) is 15.6. The lowest BCUT2D eigenvalue weighted by molar-refractivity contribution is 0.103. The van der Waals surface area contributed by atoms with Gasteiger partial charge in [0.25, 0.3) is 0 Å². The SMILES string of the molecule is C#C.C=C.C=C.C=C(C)CCc1ccc(C(=O)C(=C)CC)c(CC)c1CC.C=CC.CC.CC.CC.CCC.[B]C. The molecule has 0 bridgehead atoms. The normalized spacial score (nSPS) is 6.93. The van der Waals surface area contributed by atoms with Crippen molar-refractivity contribution in [3.05, 3.63) is 97.7 Å². The van der Waals surface area contributed by atoms with Crippen molar-refractivity contribution in [3.8, 4) is 12.8 Å². The van der Waals surface area contributed by atoms with Gasteiger partial charge in [0.1, 0.15) is 0 Å². The molecular formula is C39H73BO. The number of ketones is 1. The Morgan fingerprint density at radius 2 is 1.12 bits per heavy atom. The van der Waals surface area contributed by atoms with E-state index in [1.54, 1.807) is 6.08 Å². The Balaban J connectivity index is -0.0000000610. The Labute approximate surface area is 263 Å². The molecular weight excluding hydrogens is 495 g/mol. The highest BCUT2D eigenvalue weighted by atomic mass is 16.1. The second-order valence-electron chi connectivity index (χ2n) is 6.80. The molecule has 41 heavy (non-hydrogen) atoms. The van der Waals surface area contributed by atoms with Crippen LogP contribution in [0.4, 0.5) is 0 Å². The first-order valence-electron chi connectivity index (χ1n) is 15.3. The van der Waals surface area contributed by atoms with Gasteiger partial charge in [-0.2, -0.15) is 0 Å². The van der Waals surface area contributed by atoms with Crippen LogP contribution >= 0.6 is 0 Å². The van der Waals surface area contributed by atoms with E-state index in [1.807, 2.05) is 61.5 Å². The van der Waals surface area contributed by atoms with Gasteiger partial charge in [-0.15, -0.1) is 52.3 Å². The largest absolute Gasteiger partial charge is 0.289 e. The monoisotopic (exact) mass is 569 g/mol. The second kappa shape index (κ2) is 65.9. The Morgan fingerprint density at radius 1 is 0.805 bits per heavy atom. The maximum absolute atomic E-state index is 12.5. The van der Waals surface area contributed by atoms with Crippen LogP contribution in [0.1, 0.15) is 136 Å². The smallest absolute Gasteiger partial charge is 0.188 e. The van der Waals surface area contributed by atoms with E-state index in [4.69, 9.17) is 0 Å². The molecule has 0 aliphatic carbocycles. The molecule has 0 fully saturated rings. The number of hydrogen-bond acceptors (Lipinski definition) is 1. The second-order valence-corrected chi connectivity index (χ2v) is 6.80. The lowest BCUT2D eigenvalue weighted by Gasteiger charge is -2.17. The zero-order chi connectivity index (χ0) is 35.4. The van der Waals surface area contributed by atoms with Crippen LogP contribution in [0.3, 0.4) is 0 Å². The highest BCUT2D eigenvalue weighted by molar-refractivity contribution is 6.09. The van der Waals surface area contributed by atoms with Crippen LogP contribution in [0.2, 0.25) is 6.82 Å². The van der Waals surface area contributed by atoms with Crippen LogP contribution in [0.15, 0.2) is 75.4 Å². The lowest BCUT2D eigenvalue weighted by Crippen LogP contribution is -2.10. The Bertz CT molecular complexity index is 678. The average molecular weight is 569 g/mol. The molecule has 2 heteroatoms. The fourth-order valence-corrected chi connectivity index (χ4v) is 2.73. The fraction of sp³-hybridized carbons (Fsp3) is 0.513. The molecule has 1 aromatic rings. The summed E-state index contributed by atoms with van der Waals surface area (Å²) in [7, 11) is 4.50. The molecule has 0 N–H and O–H groups in total. The van der Waals surface area contributed by atoms with Crippen molar-refractivity contribution in [2.24, 2.45) is 0 Å². The van der Waals surface area contributed by atoms with Gasteiger partial charge >= 0.3 is 0 Å². The lowest BCUT2D eigenvalue weighted by atomic mass is 9.87. The van der Waals surface area contributed by atoms with Gasteiger partial charge in [-0.1, -0.05) is 120 Å². The number of Topliss-reactive ketones (excluding diaryl/α,β-unsaturated/α-hetero) is 1. The predicted molar refractivity (Wildman–Crippen MR) is 202 cm³/mol. The quantitative estimate of drug-likeness (QED) is 0.100. The number of aryl methyl sites for hydroxylation is 1. The minimum absolute atomic E-state index is 0.107. The third-order valence-electron chi connectivity index (χ3n) is 4.05. The van der Waals surface area contributed by atoms with Crippen molar-refractivity contribution in [3.63, 3.8) is 0 Å². The van der Waals surface area contributed by atoms with Gasteiger partial charge in [-0.05, 0) is 68.2 Å². The Hall–Kier alpha value is -2.79. The number of terminal acetylenes is 1. The maximum Gasteiger partial charge on any atom is 0.188 e. The zero-order valence-electron chi connectivity index (χ0n) is 30.6. The van der Waals surface area contributed by atoms with Crippen molar-refractivity contribution < 1.29 is 4.79 Å². The van der Waals surface area contributed by atoms with Crippen LogP contribution in [0.25, 0.3) is 0 Å². The number of benzene rings is 1. The predicted octanol–water partition coefficient (Wildman–Crippen LogP) is 13.2. The molecule has 0 saturated heterocycles. The van der Waals surface area contributed by atoms with Crippen LogP contribution in [-0.4, -0.2) is 13.6 Å². The maximum atomic E-state index is 12.5. The van der Waals surface area contributed by atoms with Crippen molar-refractivity contribution in [1.29, 1.82) is 0 Å². The summed E-state index contributed by atoms with van der Waals surface area (Å²) in [4.78, 5) is 12.5. The summed E-state index contributed by atoms with van der Waals surface area (Å²) in [6.45, 7) is 51.2. The van der Waals surface area contributed by atoms with Gasteiger partial charge < -0.3 is 0 Å². The summed E-state index contributed by atoms with van der Waals surface area (Å²) in [5.74, 6) is 0.107. The molecule has 0 spiro atoms. The molecule has 238 valence electrons. The highest BCUT2D eigenvalue weighted by Crippen LogP contribution is 2.25. The third kappa shape index (κ3) is 41.8. The molecule has 1 aromatic carbocycles. The Kier molecular flexibility index (Phi) is 99.7. The number of allylic oxidation sites excluding steroid dienone is 3. The number of rotatable bonds is 8. The molecule has 2 radical (unpaired) electrons. The number of hydrogen-bond donors (Lipinski definition) is 0. The molecule has 0 saturated carbocycles. The molecule has 0 aliphatic rings. The van der Waals surface area contributed by atoms with E-state index in [1.165, 1.54) is 35.5 Å². The zero-order valence-corrected chi connectivity index (χ0v) is 30.6. The first-order valence-corrected chi connectivity index (χ1v) is 15.3. The van der Waals surface area contributed by atoms with Crippen molar-refractivity contribution in [2.45, 2.75) is 135 Å². The summed E-state index contributed by atoms with van der Waals surface area (Å²) in [5.41, 5.74) is 6.65. The number of carbonyl (C=O) groups excluding carboxylic acids is 1. The van der Waals surface area contributed by atoms with E-state index in [0.29, 0.717) is 12.0 Å². The van der Waals surface area contributed by atoms with Gasteiger partial charge in [-0.3, -0.25) is 4.79 Å². The average Bonchev–Trinajstić information content (AvgIpc) is 3.06. The van der Waals surface area contributed by atoms with Crippen LogP contribution < -0.4 is 0 Å². The topological polar surface area (TPSA) is 17.1 Å². The van der Waals surface area contributed by atoms with E-state index < -0.39 is 0 Å². The summed E-state index contributed by atoms with van der Waals surface area (Å²) in [5, 5.41) is 0. The van der Waals surface area contributed by atoms with E-state index >= 15 is 0 Å².